The Balaban J connectivity index is 2.01. The van der Waals surface area contributed by atoms with E-state index in [0.717, 1.165) is 5.69 Å². The van der Waals surface area contributed by atoms with Gasteiger partial charge < -0.3 is 14.2 Å². The lowest BCUT2D eigenvalue weighted by Crippen LogP contribution is -2.05. The van der Waals surface area contributed by atoms with Gasteiger partial charge in [-0.25, -0.2) is 5.10 Å². The fourth-order valence-corrected chi connectivity index (χ4v) is 2.62. The van der Waals surface area contributed by atoms with E-state index in [1.54, 1.807) is 18.3 Å². The molecule has 0 aliphatic heterocycles. The molecule has 10 nitrogen and oxygen atoms in total. The Morgan fingerprint density at radius 2 is 1.86 bits per heavy atom. The summed E-state index contributed by atoms with van der Waals surface area (Å²) in [5.74, 6) is 0.829. The number of esters is 1. The summed E-state index contributed by atoms with van der Waals surface area (Å²) in [7, 11) is 2.93. The van der Waals surface area contributed by atoms with E-state index >= 15 is 0 Å². The number of rotatable bonds is 6. The molecule has 0 amide bonds. The molecule has 3 aromatic rings. The summed E-state index contributed by atoms with van der Waals surface area (Å²) in [4.78, 5) is 11.3. The normalized spacial score (nSPS) is 11.0. The standard InChI is InChI=1S/C17H18N6O4S/c1-9-5-12(20-19-9)16-21-22-17(28)23(16)18-8-11-6-13(25-3)15(27-10(2)24)14(7-11)26-4/h5-8H,1-4H3,(H,19,20)(H,22,28)/b18-8+. The van der Waals surface area contributed by atoms with Crippen molar-refractivity contribution in [2.75, 3.05) is 14.2 Å². The van der Waals surface area contributed by atoms with Gasteiger partial charge in [0.1, 0.15) is 5.69 Å². The molecular formula is C17H18N6O4S. The van der Waals surface area contributed by atoms with Crippen molar-refractivity contribution in [3.8, 4) is 28.8 Å². The number of aryl methyl sites for hydroxylation is 1. The molecular weight excluding hydrogens is 384 g/mol. The minimum atomic E-state index is -0.485. The Hall–Kier alpha value is -3.47. The Kier molecular flexibility index (Phi) is 5.54. The van der Waals surface area contributed by atoms with Crippen molar-refractivity contribution in [1.29, 1.82) is 0 Å². The third-order valence-electron chi connectivity index (χ3n) is 3.64. The van der Waals surface area contributed by atoms with Crippen LogP contribution in [0.15, 0.2) is 23.3 Å². The van der Waals surface area contributed by atoms with Crippen LogP contribution in [0.4, 0.5) is 0 Å². The van der Waals surface area contributed by atoms with Gasteiger partial charge in [0.2, 0.25) is 16.3 Å². The smallest absolute Gasteiger partial charge is 0.308 e. The Labute approximate surface area is 165 Å². The second-order valence-corrected chi connectivity index (χ2v) is 6.08. The maximum absolute atomic E-state index is 11.3. The molecule has 28 heavy (non-hydrogen) atoms. The topological polar surface area (TPSA) is 119 Å². The number of ether oxygens (including phenoxy) is 3. The summed E-state index contributed by atoms with van der Waals surface area (Å²) in [5, 5.41) is 18.3. The first-order chi connectivity index (χ1) is 13.4. The number of nitrogens with one attached hydrogen (secondary N) is 2. The van der Waals surface area contributed by atoms with E-state index in [2.05, 4.69) is 25.5 Å². The molecule has 0 atom stereocenters. The van der Waals surface area contributed by atoms with Crippen LogP contribution in [0.1, 0.15) is 18.2 Å². The zero-order valence-electron chi connectivity index (χ0n) is 15.6. The van der Waals surface area contributed by atoms with Gasteiger partial charge in [0.05, 0.1) is 20.4 Å². The van der Waals surface area contributed by atoms with E-state index in [0.29, 0.717) is 33.4 Å². The van der Waals surface area contributed by atoms with E-state index in [9.17, 15) is 4.79 Å². The largest absolute Gasteiger partial charge is 0.493 e. The minimum absolute atomic E-state index is 0.197. The molecule has 0 saturated heterocycles. The number of aromatic amines is 2. The van der Waals surface area contributed by atoms with Crippen molar-refractivity contribution in [2.24, 2.45) is 5.10 Å². The molecule has 2 aromatic heterocycles. The molecule has 1 aromatic carbocycles. The zero-order valence-corrected chi connectivity index (χ0v) is 16.5. The van der Waals surface area contributed by atoms with Gasteiger partial charge in [-0.05, 0) is 37.3 Å². The van der Waals surface area contributed by atoms with Crippen LogP contribution in [0.2, 0.25) is 0 Å². The predicted octanol–water partition coefficient (Wildman–Crippen LogP) is 2.46. The summed E-state index contributed by atoms with van der Waals surface area (Å²) >= 11 is 5.25. The highest BCUT2D eigenvalue weighted by Gasteiger charge is 2.16. The van der Waals surface area contributed by atoms with Crippen LogP contribution in [0.25, 0.3) is 11.5 Å². The lowest BCUT2D eigenvalue weighted by molar-refractivity contribution is -0.132. The van der Waals surface area contributed by atoms with Gasteiger partial charge in [-0.3, -0.25) is 9.89 Å². The SMILES string of the molecule is COc1cc(/C=N/n2c(-c3cc(C)[nH]n3)n[nH]c2=S)cc(OC)c1OC(C)=O. The third kappa shape index (κ3) is 3.93. The molecule has 11 heteroatoms. The van der Waals surface area contributed by atoms with Gasteiger partial charge in [-0.15, -0.1) is 0 Å². The zero-order chi connectivity index (χ0) is 20.3. The summed E-state index contributed by atoms with van der Waals surface area (Å²) in [5.41, 5.74) is 2.12. The molecule has 0 unspecified atom stereocenters. The molecule has 0 aliphatic rings. The van der Waals surface area contributed by atoms with Crippen molar-refractivity contribution >= 4 is 24.4 Å². The van der Waals surface area contributed by atoms with Crippen LogP contribution < -0.4 is 14.2 Å². The first-order valence-corrected chi connectivity index (χ1v) is 8.52. The van der Waals surface area contributed by atoms with E-state index in [-0.39, 0.29) is 5.75 Å². The first kappa shape index (κ1) is 19.3. The Bertz CT molecular complexity index is 1070. The van der Waals surface area contributed by atoms with Crippen molar-refractivity contribution in [3.05, 3.63) is 34.2 Å². The van der Waals surface area contributed by atoms with Gasteiger partial charge in [-0.1, -0.05) is 0 Å². The van der Waals surface area contributed by atoms with E-state index in [4.69, 9.17) is 26.4 Å². The van der Waals surface area contributed by atoms with Crippen LogP contribution in [-0.4, -0.2) is 51.5 Å². The monoisotopic (exact) mass is 402 g/mol. The van der Waals surface area contributed by atoms with Gasteiger partial charge in [0.15, 0.2) is 11.5 Å². The highest BCUT2D eigenvalue weighted by Crippen LogP contribution is 2.38. The quantitative estimate of drug-likeness (QED) is 0.281. The fourth-order valence-electron chi connectivity index (χ4n) is 2.44. The summed E-state index contributed by atoms with van der Waals surface area (Å²) in [6.45, 7) is 3.18. The number of carbonyl (C=O) groups excluding carboxylic acids is 1. The Morgan fingerprint density at radius 3 is 2.39 bits per heavy atom. The van der Waals surface area contributed by atoms with Gasteiger partial charge in [0.25, 0.3) is 0 Å². The summed E-state index contributed by atoms with van der Waals surface area (Å²) < 4.78 is 17.6. The average Bonchev–Trinajstić information content (AvgIpc) is 3.25. The fraction of sp³-hybridized carbons (Fsp3) is 0.235. The summed E-state index contributed by atoms with van der Waals surface area (Å²) in [6, 6.07) is 5.15. The van der Waals surface area contributed by atoms with Crippen LogP contribution in [0.3, 0.4) is 0 Å². The highest BCUT2D eigenvalue weighted by molar-refractivity contribution is 7.71. The van der Waals surface area contributed by atoms with Crippen molar-refractivity contribution < 1.29 is 19.0 Å². The first-order valence-electron chi connectivity index (χ1n) is 8.11. The number of benzene rings is 1. The number of methoxy groups -OCH3 is 2. The van der Waals surface area contributed by atoms with Crippen LogP contribution in [0.5, 0.6) is 17.2 Å². The maximum atomic E-state index is 11.3. The minimum Gasteiger partial charge on any atom is -0.493 e. The third-order valence-corrected chi connectivity index (χ3v) is 3.90. The number of aromatic nitrogens is 5. The number of hydrogen-bond donors (Lipinski definition) is 2. The lowest BCUT2D eigenvalue weighted by atomic mass is 10.2. The number of nitrogens with zero attached hydrogens (tertiary/aromatic N) is 4. The molecule has 3 rings (SSSR count). The summed E-state index contributed by atoms with van der Waals surface area (Å²) in [6.07, 6.45) is 1.55. The molecule has 2 N–H and O–H groups in total. The molecule has 0 aliphatic carbocycles. The molecule has 0 spiro atoms. The Morgan fingerprint density at radius 1 is 1.18 bits per heavy atom. The van der Waals surface area contributed by atoms with Crippen LogP contribution in [0, 0.1) is 11.7 Å². The second-order valence-electron chi connectivity index (χ2n) is 5.69. The number of carbonyl (C=O) groups is 1. The van der Waals surface area contributed by atoms with Gasteiger partial charge in [0, 0.05) is 18.2 Å². The second kappa shape index (κ2) is 8.05. The number of hydrogen-bond acceptors (Lipinski definition) is 8. The lowest BCUT2D eigenvalue weighted by Gasteiger charge is -2.13. The molecule has 0 saturated carbocycles. The molecule has 2 heterocycles. The predicted molar refractivity (Wildman–Crippen MR) is 104 cm³/mol. The van der Waals surface area contributed by atoms with E-state index in [1.165, 1.54) is 25.8 Å². The number of H-pyrrole nitrogens is 2. The van der Waals surface area contributed by atoms with Gasteiger partial charge in [-0.2, -0.15) is 20.0 Å². The van der Waals surface area contributed by atoms with Crippen LogP contribution in [-0.2, 0) is 4.79 Å². The van der Waals surface area contributed by atoms with Crippen molar-refractivity contribution in [3.63, 3.8) is 0 Å². The van der Waals surface area contributed by atoms with Gasteiger partial charge >= 0.3 is 5.97 Å². The molecule has 0 bridgehead atoms. The van der Waals surface area contributed by atoms with E-state index < -0.39 is 5.97 Å². The van der Waals surface area contributed by atoms with Crippen LogP contribution >= 0.6 is 12.2 Å². The average molecular weight is 402 g/mol. The highest BCUT2D eigenvalue weighted by atomic mass is 32.1. The van der Waals surface area contributed by atoms with E-state index in [1.807, 2.05) is 13.0 Å². The van der Waals surface area contributed by atoms with Crippen molar-refractivity contribution in [1.82, 2.24) is 25.1 Å². The molecule has 0 radical (unpaired) electrons. The molecule has 146 valence electrons. The van der Waals surface area contributed by atoms with Crippen molar-refractivity contribution in [2.45, 2.75) is 13.8 Å². The molecule has 0 fully saturated rings. The maximum Gasteiger partial charge on any atom is 0.308 e.